The highest BCUT2D eigenvalue weighted by molar-refractivity contribution is 7.86. The quantitative estimate of drug-likeness (QED) is 0.0206. The monoisotopic (exact) mass is 1020 g/mol. The molecule has 0 aliphatic heterocycles. The number of ether oxygens (including phenoxy) is 3. The topological polar surface area (TPSA) is 444 Å². The van der Waals surface area contributed by atoms with E-state index < -0.39 is 109 Å². The minimum atomic E-state index is -5.31. The maximum atomic E-state index is 12.8. The Morgan fingerprint density at radius 1 is 0.681 bits per heavy atom. The van der Waals surface area contributed by atoms with Crippen LogP contribution in [0.4, 0.5) is 39.8 Å². The van der Waals surface area contributed by atoms with Gasteiger partial charge in [0, 0.05) is 35.7 Å². The van der Waals surface area contributed by atoms with Gasteiger partial charge in [-0.3, -0.25) is 23.8 Å². The number of carbonyl (C=O) groups is 1. The van der Waals surface area contributed by atoms with Gasteiger partial charge in [0.1, 0.15) is 73.6 Å². The molecule has 0 bridgehead atoms. The summed E-state index contributed by atoms with van der Waals surface area (Å²) in [6.07, 6.45) is 0. The van der Waals surface area contributed by atoms with Gasteiger partial charge >= 0.3 is 5.97 Å². The van der Waals surface area contributed by atoms with Crippen LogP contribution in [0.25, 0.3) is 16.5 Å². The van der Waals surface area contributed by atoms with E-state index in [1.165, 1.54) is 13.2 Å². The maximum absolute atomic E-state index is 12.8. The van der Waals surface area contributed by atoms with Crippen molar-refractivity contribution in [2.45, 2.75) is 14.7 Å². The number of phenolic OH excluding ortho intramolecular Hbond substituents is 1. The predicted molar refractivity (Wildman–Crippen MR) is 231 cm³/mol. The number of nitro groups is 1. The fourth-order valence-corrected chi connectivity index (χ4v) is 7.89. The Kier molecular flexibility index (Phi) is 14.6. The second-order valence-electron chi connectivity index (χ2n) is 13.4. The van der Waals surface area contributed by atoms with Crippen molar-refractivity contribution in [1.29, 1.82) is 0 Å². The summed E-state index contributed by atoms with van der Waals surface area (Å²) < 4.78 is 120. The highest BCUT2D eigenvalue weighted by Gasteiger charge is 2.28. The van der Waals surface area contributed by atoms with Crippen molar-refractivity contribution in [2.24, 2.45) is 30.7 Å². The molecule has 1 aromatic heterocycles. The standard InChI is InChI=1S/C37H31N9O20S3/c1-64-21-4-7-24(30(15-21)68(58,59)60)38-40-25-16-28(66-11-9-48)26(17-27(25)65-10-8-47)41-42-32-31(69(61,62)63)13-18-12-19(2-5-22(18)35(32)49)45-36(50)33(34(44-45)37(51)52)43-39-23-6-3-20(46(53)54)14-29(23)67(55,56)57/h2-7,12-17,47-50H,8-11H2,1H3,(H,51,52)(H,55,56,57)(H,58,59,60)(H,61,62,63). The lowest BCUT2D eigenvalue weighted by Gasteiger charge is -2.13. The van der Waals surface area contributed by atoms with Crippen molar-refractivity contribution in [3.63, 3.8) is 0 Å². The second-order valence-corrected chi connectivity index (χ2v) is 17.6. The molecule has 0 saturated carbocycles. The molecule has 6 aromatic rings. The average molecular weight is 1020 g/mol. The Morgan fingerprint density at radius 3 is 1.74 bits per heavy atom. The van der Waals surface area contributed by atoms with E-state index in [-0.39, 0.29) is 64.0 Å². The number of hydrogen-bond donors (Lipinski definition) is 8. The number of carboxylic acids is 1. The molecule has 32 heteroatoms. The van der Waals surface area contributed by atoms with Crippen molar-refractivity contribution < 1.29 is 88.4 Å². The van der Waals surface area contributed by atoms with Crippen molar-refractivity contribution in [3.8, 4) is 34.6 Å². The largest absolute Gasteiger partial charge is 0.505 e. The van der Waals surface area contributed by atoms with Crippen molar-refractivity contribution in [2.75, 3.05) is 33.5 Å². The van der Waals surface area contributed by atoms with Gasteiger partial charge in [-0.25, -0.2) is 4.79 Å². The molecule has 0 amide bonds. The molecule has 69 heavy (non-hydrogen) atoms. The SMILES string of the molecule is COc1ccc(N=Nc2cc(OCCO)c(N=Nc3c(S(=O)(=O)O)cc4cc(-n5nc(C(=O)O)c(N=Nc6ccc([N+](=O)[O-])cc6S(=O)(=O)O)c5O)ccc4c3O)cc2OCCO)c(S(=O)(=O)O)c1. The number of carboxylic acid groups (broad SMARTS) is 1. The van der Waals surface area contributed by atoms with Gasteiger partial charge in [0.25, 0.3) is 36.0 Å². The van der Waals surface area contributed by atoms with Crippen molar-refractivity contribution >= 4 is 86.9 Å². The van der Waals surface area contributed by atoms with E-state index in [0.717, 1.165) is 60.7 Å². The number of non-ortho nitro benzene ring substituents is 1. The van der Waals surface area contributed by atoms with Crippen LogP contribution in [0.3, 0.4) is 0 Å². The molecule has 5 aromatic carbocycles. The molecule has 29 nitrogen and oxygen atoms in total. The number of hydrogen-bond acceptors (Lipinski definition) is 23. The molecular weight excluding hydrogens is 987 g/mol. The average Bonchev–Trinajstić information content (AvgIpc) is 3.63. The van der Waals surface area contributed by atoms with E-state index in [4.69, 9.17) is 14.2 Å². The third kappa shape index (κ3) is 11.2. The summed E-state index contributed by atoms with van der Waals surface area (Å²) in [6, 6.07) is 11.8. The van der Waals surface area contributed by atoms with Gasteiger partial charge < -0.3 is 39.7 Å². The third-order valence-corrected chi connectivity index (χ3v) is 11.6. The number of fused-ring (bicyclic) bond motifs is 1. The van der Waals surface area contributed by atoms with Crippen LogP contribution in [-0.4, -0.2) is 119 Å². The summed E-state index contributed by atoms with van der Waals surface area (Å²) in [5.41, 5.74) is -5.35. The Labute approximate surface area is 385 Å². The molecule has 1 heterocycles. The Hall–Kier alpha value is -8.11. The lowest BCUT2D eigenvalue weighted by atomic mass is 10.1. The first kappa shape index (κ1) is 50.3. The van der Waals surface area contributed by atoms with E-state index in [2.05, 4.69) is 35.8 Å². The van der Waals surface area contributed by atoms with E-state index in [1.807, 2.05) is 0 Å². The minimum absolute atomic E-state index is 0.0520. The van der Waals surface area contributed by atoms with Gasteiger partial charge in [0.15, 0.2) is 11.4 Å². The van der Waals surface area contributed by atoms with E-state index in [9.17, 15) is 79.4 Å². The lowest BCUT2D eigenvalue weighted by molar-refractivity contribution is -0.385. The normalized spacial score (nSPS) is 12.4. The zero-order valence-corrected chi connectivity index (χ0v) is 36.9. The number of aliphatic hydroxyl groups is 2. The summed E-state index contributed by atoms with van der Waals surface area (Å²) in [5, 5.41) is 88.7. The first-order chi connectivity index (χ1) is 32.5. The molecule has 0 radical (unpaired) electrons. The molecule has 0 aliphatic carbocycles. The zero-order chi connectivity index (χ0) is 50.6. The number of nitro benzene ring substituents is 1. The van der Waals surface area contributed by atoms with Crippen molar-refractivity contribution in [1.82, 2.24) is 9.78 Å². The number of phenols is 1. The molecule has 0 fully saturated rings. The van der Waals surface area contributed by atoms with Gasteiger partial charge in [0.2, 0.25) is 11.6 Å². The smallest absolute Gasteiger partial charge is 0.358 e. The number of aromatic carboxylic acids is 1. The molecule has 0 atom stereocenters. The Morgan fingerprint density at radius 2 is 1.20 bits per heavy atom. The predicted octanol–water partition coefficient (Wildman–Crippen LogP) is 5.78. The summed E-state index contributed by atoms with van der Waals surface area (Å²) in [4.78, 5) is 19.5. The van der Waals surface area contributed by atoms with E-state index >= 15 is 0 Å². The number of methoxy groups -OCH3 is 1. The summed E-state index contributed by atoms with van der Waals surface area (Å²) in [5.74, 6) is -4.22. The number of rotatable bonds is 19. The summed E-state index contributed by atoms with van der Waals surface area (Å²) >= 11 is 0. The number of azo groups is 3. The van der Waals surface area contributed by atoms with Crippen LogP contribution in [0.2, 0.25) is 0 Å². The van der Waals surface area contributed by atoms with Crippen LogP contribution in [0, 0.1) is 10.1 Å². The van der Waals surface area contributed by atoms with Crippen LogP contribution in [0.15, 0.2) is 118 Å². The van der Waals surface area contributed by atoms with Crippen LogP contribution in [-0.2, 0) is 30.4 Å². The molecule has 0 unspecified atom stereocenters. The fourth-order valence-electron chi connectivity index (χ4n) is 5.95. The number of nitrogens with zero attached hydrogens (tertiary/aromatic N) is 9. The van der Waals surface area contributed by atoms with Gasteiger partial charge in [0.05, 0.1) is 30.9 Å². The van der Waals surface area contributed by atoms with E-state index in [1.54, 1.807) is 0 Å². The molecule has 0 aliphatic rings. The number of aromatic hydroxyl groups is 2. The van der Waals surface area contributed by atoms with E-state index in [0.29, 0.717) is 10.7 Å². The first-order valence-corrected chi connectivity index (χ1v) is 22.9. The molecule has 0 saturated heterocycles. The van der Waals surface area contributed by atoms with Gasteiger partial charge in [-0.15, -0.1) is 30.7 Å². The molecule has 8 N–H and O–H groups in total. The molecule has 362 valence electrons. The number of aromatic nitrogens is 2. The highest BCUT2D eigenvalue weighted by Crippen LogP contribution is 2.46. The number of aliphatic hydroxyl groups excluding tert-OH is 2. The van der Waals surface area contributed by atoms with Crippen LogP contribution < -0.4 is 14.2 Å². The minimum Gasteiger partial charge on any atom is -0.505 e. The highest BCUT2D eigenvalue weighted by atomic mass is 32.2. The fraction of sp³-hybridized carbons (Fsp3) is 0.135. The number of benzene rings is 5. The molecule has 6 rings (SSSR count). The first-order valence-electron chi connectivity index (χ1n) is 18.6. The lowest BCUT2D eigenvalue weighted by Crippen LogP contribution is -2.04. The van der Waals surface area contributed by atoms with Crippen LogP contribution in [0.5, 0.6) is 28.9 Å². The van der Waals surface area contributed by atoms with Gasteiger partial charge in [-0.05, 0) is 47.9 Å². The zero-order valence-electron chi connectivity index (χ0n) is 34.5. The Balaban J connectivity index is 1.44. The van der Waals surface area contributed by atoms with Crippen LogP contribution in [0.1, 0.15) is 10.5 Å². The molecular formula is C37H31N9O20S3. The van der Waals surface area contributed by atoms with Crippen LogP contribution >= 0.6 is 0 Å². The van der Waals surface area contributed by atoms with Crippen molar-refractivity contribution in [3.05, 3.63) is 88.6 Å². The molecule has 0 spiro atoms. The second kappa shape index (κ2) is 20.0. The van der Waals surface area contributed by atoms with Gasteiger partial charge in [-0.2, -0.15) is 35.0 Å². The van der Waals surface area contributed by atoms with Gasteiger partial charge in [-0.1, -0.05) is 0 Å². The third-order valence-electron chi connectivity index (χ3n) is 8.99. The Bertz CT molecular complexity index is 3490. The maximum Gasteiger partial charge on any atom is 0.358 e. The summed E-state index contributed by atoms with van der Waals surface area (Å²) in [7, 11) is -14.1. The summed E-state index contributed by atoms with van der Waals surface area (Å²) in [6.45, 7) is -1.85.